The number of anilines is 1. The van der Waals surface area contributed by atoms with Crippen molar-refractivity contribution in [3.8, 4) is 11.5 Å². The zero-order chi connectivity index (χ0) is 25.2. The number of hydrogen-bond acceptors (Lipinski definition) is 7. The Morgan fingerprint density at radius 1 is 1.03 bits per heavy atom. The molecule has 0 N–H and O–H groups in total. The third kappa shape index (κ3) is 4.33. The average molecular weight is 502 g/mol. The average Bonchev–Trinajstić information content (AvgIpc) is 3.47. The van der Waals surface area contributed by atoms with Crippen LogP contribution in [-0.2, 0) is 17.6 Å². The summed E-state index contributed by atoms with van der Waals surface area (Å²) < 4.78 is 10.7. The standard InChI is InChI=1S/C27H23N3O5S/c1-3-17-9-5-7-11-20(17)28-27-29(21-12-8-6-10-18(21)4-2)26(31)25(36-27)14-19-13-23-24(35-16-34-23)15-22(19)30(32)33/h5-15H,3-4,16H2,1-2H3. The van der Waals surface area contributed by atoms with Gasteiger partial charge >= 0.3 is 0 Å². The molecule has 3 aromatic carbocycles. The van der Waals surface area contributed by atoms with Crippen LogP contribution in [0.4, 0.5) is 17.1 Å². The molecule has 5 rings (SSSR count). The van der Waals surface area contributed by atoms with Crippen molar-refractivity contribution in [3.05, 3.63) is 92.4 Å². The largest absolute Gasteiger partial charge is 0.454 e. The number of hydrogen-bond donors (Lipinski definition) is 0. The van der Waals surface area contributed by atoms with E-state index in [9.17, 15) is 14.9 Å². The van der Waals surface area contributed by atoms with E-state index in [4.69, 9.17) is 14.5 Å². The maximum atomic E-state index is 13.8. The van der Waals surface area contributed by atoms with Gasteiger partial charge in [-0.1, -0.05) is 50.2 Å². The van der Waals surface area contributed by atoms with Gasteiger partial charge in [0.1, 0.15) is 0 Å². The third-order valence-corrected chi connectivity index (χ3v) is 6.98. The van der Waals surface area contributed by atoms with Gasteiger partial charge in [-0.15, -0.1) is 0 Å². The first-order valence-electron chi connectivity index (χ1n) is 11.6. The molecule has 36 heavy (non-hydrogen) atoms. The van der Waals surface area contributed by atoms with Crippen LogP contribution in [0.15, 0.2) is 70.6 Å². The summed E-state index contributed by atoms with van der Waals surface area (Å²) in [5.74, 6) is 0.425. The summed E-state index contributed by atoms with van der Waals surface area (Å²) in [7, 11) is 0. The third-order valence-electron chi connectivity index (χ3n) is 6.01. The molecular formula is C27H23N3O5S. The van der Waals surface area contributed by atoms with E-state index in [1.807, 2.05) is 55.5 Å². The van der Waals surface area contributed by atoms with Crippen molar-refractivity contribution in [1.29, 1.82) is 0 Å². The van der Waals surface area contributed by atoms with E-state index in [1.165, 1.54) is 30.0 Å². The Kier molecular flexibility index (Phi) is 6.47. The van der Waals surface area contributed by atoms with Crippen molar-refractivity contribution in [2.45, 2.75) is 26.7 Å². The number of amidine groups is 1. The molecular weight excluding hydrogens is 478 g/mol. The minimum atomic E-state index is -0.491. The molecule has 3 aromatic rings. The highest BCUT2D eigenvalue weighted by Gasteiger charge is 2.36. The van der Waals surface area contributed by atoms with Crippen LogP contribution in [0.5, 0.6) is 11.5 Å². The van der Waals surface area contributed by atoms with Gasteiger partial charge in [-0.2, -0.15) is 0 Å². The monoisotopic (exact) mass is 501 g/mol. The summed E-state index contributed by atoms with van der Waals surface area (Å²) in [5, 5.41) is 12.3. The first-order valence-corrected chi connectivity index (χ1v) is 12.4. The highest BCUT2D eigenvalue weighted by molar-refractivity contribution is 8.19. The fourth-order valence-corrected chi connectivity index (χ4v) is 5.15. The molecule has 9 heteroatoms. The molecule has 2 heterocycles. The first-order chi connectivity index (χ1) is 17.5. The second-order valence-corrected chi connectivity index (χ2v) is 9.14. The number of nitro benzene ring substituents is 1. The molecule has 0 unspecified atom stereocenters. The Balaban J connectivity index is 1.65. The fourth-order valence-electron chi connectivity index (χ4n) is 4.17. The number of nitrogens with zero attached hydrogens (tertiary/aromatic N) is 3. The lowest BCUT2D eigenvalue weighted by Crippen LogP contribution is -2.29. The molecule has 1 fully saturated rings. The van der Waals surface area contributed by atoms with Gasteiger partial charge in [0, 0.05) is 0 Å². The fraction of sp³-hybridized carbons (Fsp3) is 0.185. The summed E-state index contributed by atoms with van der Waals surface area (Å²) in [6, 6.07) is 18.4. The molecule has 8 nitrogen and oxygen atoms in total. The van der Waals surface area contributed by atoms with Crippen molar-refractivity contribution >= 4 is 46.0 Å². The number of rotatable bonds is 6. The molecule has 2 aliphatic heterocycles. The summed E-state index contributed by atoms with van der Waals surface area (Å²) in [5.41, 5.74) is 3.68. The molecule has 0 spiro atoms. The lowest BCUT2D eigenvalue weighted by Gasteiger charge is -2.19. The number of aliphatic imine (C=N–C) groups is 1. The van der Waals surface area contributed by atoms with Crippen LogP contribution in [-0.4, -0.2) is 22.8 Å². The van der Waals surface area contributed by atoms with Crippen molar-refractivity contribution in [2.75, 3.05) is 11.7 Å². The Morgan fingerprint density at radius 2 is 1.69 bits per heavy atom. The number of benzene rings is 3. The molecule has 0 bridgehead atoms. The summed E-state index contributed by atoms with van der Waals surface area (Å²) in [6.07, 6.45) is 3.06. The number of carbonyl (C=O) groups excluding carboxylic acids is 1. The van der Waals surface area contributed by atoms with E-state index in [2.05, 4.69) is 6.92 Å². The van der Waals surface area contributed by atoms with Gasteiger partial charge in [-0.3, -0.25) is 19.8 Å². The van der Waals surface area contributed by atoms with E-state index < -0.39 is 4.92 Å². The van der Waals surface area contributed by atoms with Gasteiger partial charge in [0.25, 0.3) is 11.6 Å². The van der Waals surface area contributed by atoms with Crippen LogP contribution in [0.2, 0.25) is 0 Å². The lowest BCUT2D eigenvalue weighted by atomic mass is 10.1. The Labute approximate surface area is 212 Å². The van der Waals surface area contributed by atoms with Gasteiger partial charge in [0.15, 0.2) is 16.7 Å². The molecule has 0 radical (unpaired) electrons. The molecule has 182 valence electrons. The van der Waals surface area contributed by atoms with Gasteiger partial charge in [-0.25, -0.2) is 4.99 Å². The SMILES string of the molecule is CCc1ccccc1N=C1SC(=Cc2cc3c(cc2[N+](=O)[O-])OCO3)C(=O)N1c1ccccc1CC. The molecule has 1 amide bonds. The molecule has 0 saturated carbocycles. The van der Waals surface area contributed by atoms with Crippen LogP contribution >= 0.6 is 11.8 Å². The highest BCUT2D eigenvalue weighted by Crippen LogP contribution is 2.43. The number of carbonyl (C=O) groups is 1. The number of thioether (sulfide) groups is 1. The number of para-hydroxylation sites is 2. The van der Waals surface area contributed by atoms with Crippen LogP contribution in [0.3, 0.4) is 0 Å². The van der Waals surface area contributed by atoms with Gasteiger partial charge in [0.2, 0.25) is 6.79 Å². The Hall–Kier alpha value is -4.11. The lowest BCUT2D eigenvalue weighted by molar-refractivity contribution is -0.385. The minimum Gasteiger partial charge on any atom is -0.454 e. The first kappa shape index (κ1) is 23.6. The van der Waals surface area contributed by atoms with Crippen LogP contribution in [0, 0.1) is 10.1 Å². The minimum absolute atomic E-state index is 0.00455. The van der Waals surface area contributed by atoms with Crippen LogP contribution in [0.1, 0.15) is 30.5 Å². The molecule has 0 atom stereocenters. The maximum absolute atomic E-state index is 13.8. The number of nitro groups is 1. The predicted octanol–water partition coefficient (Wildman–Crippen LogP) is 6.26. The van der Waals surface area contributed by atoms with Gasteiger partial charge in [0.05, 0.1) is 32.8 Å². The zero-order valence-electron chi connectivity index (χ0n) is 19.8. The van der Waals surface area contributed by atoms with Crippen molar-refractivity contribution in [1.82, 2.24) is 0 Å². The number of fused-ring (bicyclic) bond motifs is 1. The summed E-state index contributed by atoms with van der Waals surface area (Å²) in [4.78, 5) is 31.9. The van der Waals surface area contributed by atoms with Crippen molar-refractivity contribution in [3.63, 3.8) is 0 Å². The number of ether oxygens (including phenoxy) is 2. The second-order valence-electron chi connectivity index (χ2n) is 8.13. The van der Waals surface area contributed by atoms with Crippen molar-refractivity contribution in [2.24, 2.45) is 4.99 Å². The van der Waals surface area contributed by atoms with E-state index in [1.54, 1.807) is 4.90 Å². The zero-order valence-corrected chi connectivity index (χ0v) is 20.6. The number of amides is 1. The normalized spacial score (nSPS) is 16.8. The predicted molar refractivity (Wildman–Crippen MR) is 141 cm³/mol. The molecule has 0 aliphatic carbocycles. The van der Waals surface area contributed by atoms with Gasteiger partial charge < -0.3 is 9.47 Å². The Morgan fingerprint density at radius 3 is 2.42 bits per heavy atom. The topological polar surface area (TPSA) is 94.3 Å². The summed E-state index contributed by atoms with van der Waals surface area (Å²) >= 11 is 1.20. The maximum Gasteiger partial charge on any atom is 0.280 e. The summed E-state index contributed by atoms with van der Waals surface area (Å²) in [6.45, 7) is 4.08. The van der Waals surface area contributed by atoms with Crippen LogP contribution in [0.25, 0.3) is 6.08 Å². The van der Waals surface area contributed by atoms with Crippen molar-refractivity contribution < 1.29 is 19.2 Å². The Bertz CT molecular complexity index is 1430. The smallest absolute Gasteiger partial charge is 0.280 e. The highest BCUT2D eigenvalue weighted by atomic mass is 32.2. The van der Waals surface area contributed by atoms with Crippen LogP contribution < -0.4 is 14.4 Å². The molecule has 0 aromatic heterocycles. The van der Waals surface area contributed by atoms with Gasteiger partial charge in [-0.05, 0) is 60.0 Å². The van der Waals surface area contributed by atoms with E-state index in [-0.39, 0.29) is 24.0 Å². The quantitative estimate of drug-likeness (QED) is 0.225. The van der Waals surface area contributed by atoms with E-state index in [0.29, 0.717) is 21.6 Å². The van der Waals surface area contributed by atoms with E-state index in [0.717, 1.165) is 35.3 Å². The number of aryl methyl sites for hydroxylation is 2. The molecule has 2 aliphatic rings. The van der Waals surface area contributed by atoms with E-state index >= 15 is 0 Å². The second kappa shape index (κ2) is 9.87. The molecule has 1 saturated heterocycles.